The van der Waals surface area contributed by atoms with Crippen molar-refractivity contribution < 1.29 is 0 Å². The van der Waals surface area contributed by atoms with E-state index in [1.54, 1.807) is 0 Å². The molecular weight excluding hydrogens is 661 g/mol. The van der Waals surface area contributed by atoms with Gasteiger partial charge in [0.15, 0.2) is 0 Å². The summed E-state index contributed by atoms with van der Waals surface area (Å²) in [6.45, 7) is 10.6. The molecule has 0 bridgehead atoms. The molecule has 0 spiro atoms. The summed E-state index contributed by atoms with van der Waals surface area (Å²) in [5.41, 5.74) is 19.1. The molecule has 0 heterocycles. The van der Waals surface area contributed by atoms with Crippen LogP contribution in [0.15, 0.2) is 219 Å². The van der Waals surface area contributed by atoms with E-state index in [2.05, 4.69) is 228 Å². The van der Waals surface area contributed by atoms with E-state index in [0.29, 0.717) is 0 Å². The summed E-state index contributed by atoms with van der Waals surface area (Å²) in [6.07, 6.45) is 8.19. The zero-order valence-corrected chi connectivity index (χ0v) is 31.9. The summed E-state index contributed by atoms with van der Waals surface area (Å²) in [5, 5.41) is 0. The van der Waals surface area contributed by atoms with Crippen LogP contribution in [0, 0.1) is 0 Å². The molecule has 7 aromatic rings. The van der Waals surface area contributed by atoms with Crippen molar-refractivity contribution in [2.24, 2.45) is 0 Å². The van der Waals surface area contributed by atoms with Gasteiger partial charge in [0.2, 0.25) is 0 Å². The molecule has 7 rings (SSSR count). The van der Waals surface area contributed by atoms with Gasteiger partial charge >= 0.3 is 0 Å². The van der Waals surface area contributed by atoms with Crippen molar-refractivity contribution in [2.45, 2.75) is 20.8 Å². The second-order valence-corrected chi connectivity index (χ2v) is 13.7. The van der Waals surface area contributed by atoms with Gasteiger partial charge in [0, 0.05) is 0 Å². The van der Waals surface area contributed by atoms with Gasteiger partial charge in [0.05, 0.1) is 0 Å². The van der Waals surface area contributed by atoms with E-state index in [1.807, 2.05) is 12.2 Å². The Hall–Kier alpha value is -6.76. The topological polar surface area (TPSA) is 0 Å². The predicted molar refractivity (Wildman–Crippen MR) is 240 cm³/mol. The fourth-order valence-electron chi connectivity index (χ4n) is 7.59. The molecule has 0 unspecified atom stereocenters. The lowest BCUT2D eigenvalue weighted by atomic mass is 9.80. The lowest BCUT2D eigenvalue weighted by Gasteiger charge is -2.23. The molecule has 0 amide bonds. The minimum atomic E-state index is 1.15. The molecule has 0 aliphatic carbocycles. The standard InChI is InChI=1S/C55H46/c1-5-7-23-42(6-2)50-38-39-51(45-28-17-10-18-29-45)55(54(50)47-32-21-12-22-33-47)49-36-34-48(35-37-49)53(41(4)44-26-15-9-16-27-44)52(46-30-19-11-20-31-46)40(3)43-24-13-8-14-25-43/h5-39H,1H2,2-4H3/b23-7-,42-6+,52-40+,53-41+. The molecule has 0 aromatic heterocycles. The van der Waals surface area contributed by atoms with E-state index in [9.17, 15) is 0 Å². The average Bonchev–Trinajstić information content (AvgIpc) is 3.26. The number of rotatable bonds is 11. The Balaban J connectivity index is 1.52. The Kier molecular flexibility index (Phi) is 11.6. The third-order valence-corrected chi connectivity index (χ3v) is 10.3. The molecule has 0 fully saturated rings. The minimum absolute atomic E-state index is 1.15. The van der Waals surface area contributed by atoms with E-state index >= 15 is 0 Å². The molecule has 55 heavy (non-hydrogen) atoms. The second-order valence-electron chi connectivity index (χ2n) is 13.7. The predicted octanol–water partition coefficient (Wildman–Crippen LogP) is 15.4. The lowest BCUT2D eigenvalue weighted by molar-refractivity contribution is 1.50. The molecule has 0 atom stereocenters. The van der Waals surface area contributed by atoms with Crippen LogP contribution in [-0.4, -0.2) is 0 Å². The van der Waals surface area contributed by atoms with Gasteiger partial charge in [-0.15, -0.1) is 0 Å². The maximum atomic E-state index is 3.95. The molecule has 266 valence electrons. The van der Waals surface area contributed by atoms with E-state index in [0.717, 1.165) is 11.1 Å². The van der Waals surface area contributed by atoms with E-state index < -0.39 is 0 Å². The summed E-state index contributed by atoms with van der Waals surface area (Å²) in [7, 11) is 0. The lowest BCUT2D eigenvalue weighted by Crippen LogP contribution is -1.99. The van der Waals surface area contributed by atoms with Gasteiger partial charge in [-0.2, -0.15) is 0 Å². The molecule has 0 nitrogen and oxygen atoms in total. The Morgan fingerprint density at radius 1 is 0.418 bits per heavy atom. The van der Waals surface area contributed by atoms with E-state index in [4.69, 9.17) is 0 Å². The Morgan fingerprint density at radius 2 is 0.836 bits per heavy atom. The molecule has 0 aliphatic rings. The van der Waals surface area contributed by atoms with Crippen LogP contribution in [0.3, 0.4) is 0 Å². The number of benzene rings is 7. The van der Waals surface area contributed by atoms with Crippen LogP contribution < -0.4 is 0 Å². The fourth-order valence-corrected chi connectivity index (χ4v) is 7.59. The highest BCUT2D eigenvalue weighted by Gasteiger charge is 2.22. The number of hydrogen-bond acceptors (Lipinski definition) is 0. The SMILES string of the molecule is C=C/C=C\C(=C/C)c1ccc(-c2ccccc2)c(-c2ccc(C(=C(/C)c3ccccc3)/C(=C(\C)c3ccccc3)c3ccccc3)cc2)c1-c1ccccc1. The molecule has 0 saturated heterocycles. The molecule has 7 aromatic carbocycles. The summed E-state index contributed by atoms with van der Waals surface area (Å²) in [5.74, 6) is 0. The summed E-state index contributed by atoms with van der Waals surface area (Å²) in [4.78, 5) is 0. The first-order chi connectivity index (χ1) is 27.1. The summed E-state index contributed by atoms with van der Waals surface area (Å²) in [6, 6.07) is 67.8. The number of hydrogen-bond donors (Lipinski definition) is 0. The highest BCUT2D eigenvalue weighted by molar-refractivity contribution is 6.21. The van der Waals surface area contributed by atoms with Gasteiger partial charge in [0.25, 0.3) is 0 Å². The normalized spacial score (nSPS) is 12.6. The maximum Gasteiger partial charge on any atom is -0.00206 e. The smallest absolute Gasteiger partial charge is 0.00206 e. The maximum absolute atomic E-state index is 3.95. The average molecular weight is 707 g/mol. The van der Waals surface area contributed by atoms with Crippen molar-refractivity contribution in [2.75, 3.05) is 0 Å². The van der Waals surface area contributed by atoms with Crippen molar-refractivity contribution >= 4 is 27.9 Å². The quantitative estimate of drug-likeness (QED) is 0.0928. The van der Waals surface area contributed by atoms with E-state index in [-0.39, 0.29) is 0 Å². The first-order valence-electron chi connectivity index (χ1n) is 19.0. The van der Waals surface area contributed by atoms with Crippen molar-refractivity contribution in [3.63, 3.8) is 0 Å². The van der Waals surface area contributed by atoms with Gasteiger partial charge < -0.3 is 0 Å². The van der Waals surface area contributed by atoms with Crippen LogP contribution in [0.4, 0.5) is 0 Å². The molecule has 0 aliphatic heterocycles. The third-order valence-electron chi connectivity index (χ3n) is 10.3. The first-order valence-corrected chi connectivity index (χ1v) is 19.0. The minimum Gasteiger partial charge on any atom is -0.0991 e. The Labute approximate surface area is 327 Å². The van der Waals surface area contributed by atoms with Crippen LogP contribution in [0.2, 0.25) is 0 Å². The Bertz CT molecular complexity index is 2500. The van der Waals surface area contributed by atoms with Crippen LogP contribution >= 0.6 is 0 Å². The largest absolute Gasteiger partial charge is 0.0991 e. The second kappa shape index (κ2) is 17.4. The van der Waals surface area contributed by atoms with E-state index in [1.165, 1.54) is 77.9 Å². The molecule has 0 radical (unpaired) electrons. The summed E-state index contributed by atoms with van der Waals surface area (Å²) >= 11 is 0. The highest BCUT2D eigenvalue weighted by Crippen LogP contribution is 2.46. The van der Waals surface area contributed by atoms with Gasteiger partial charge in [-0.25, -0.2) is 0 Å². The van der Waals surface area contributed by atoms with Gasteiger partial charge in [-0.3, -0.25) is 0 Å². The van der Waals surface area contributed by atoms with Gasteiger partial charge in [-0.05, 0) is 110 Å². The molecule has 0 heteroatoms. The Morgan fingerprint density at radius 3 is 1.31 bits per heavy atom. The van der Waals surface area contributed by atoms with Gasteiger partial charge in [-0.1, -0.05) is 219 Å². The molecular formula is C55H46. The van der Waals surface area contributed by atoms with Gasteiger partial charge in [0.1, 0.15) is 0 Å². The van der Waals surface area contributed by atoms with Crippen LogP contribution in [0.1, 0.15) is 48.6 Å². The van der Waals surface area contributed by atoms with Crippen molar-refractivity contribution in [1.82, 2.24) is 0 Å². The van der Waals surface area contributed by atoms with Crippen molar-refractivity contribution in [3.05, 3.63) is 247 Å². The first kappa shape index (κ1) is 36.6. The highest BCUT2D eigenvalue weighted by atomic mass is 14.3. The molecule has 0 N–H and O–H groups in total. The fraction of sp³-hybridized carbons (Fsp3) is 0.0545. The van der Waals surface area contributed by atoms with Crippen LogP contribution in [0.25, 0.3) is 61.2 Å². The zero-order chi connectivity index (χ0) is 38.0. The monoisotopic (exact) mass is 706 g/mol. The van der Waals surface area contributed by atoms with Crippen LogP contribution in [0.5, 0.6) is 0 Å². The van der Waals surface area contributed by atoms with Crippen molar-refractivity contribution in [3.8, 4) is 33.4 Å². The summed E-state index contributed by atoms with van der Waals surface area (Å²) < 4.78 is 0. The van der Waals surface area contributed by atoms with Crippen molar-refractivity contribution in [1.29, 1.82) is 0 Å². The third kappa shape index (κ3) is 7.96. The number of allylic oxidation sites excluding steroid dienone is 9. The van der Waals surface area contributed by atoms with Crippen LogP contribution in [-0.2, 0) is 0 Å². The molecule has 0 saturated carbocycles. The zero-order valence-electron chi connectivity index (χ0n) is 31.9.